The fourth-order valence-electron chi connectivity index (χ4n) is 2.40. The van der Waals surface area contributed by atoms with Crippen molar-refractivity contribution in [2.75, 3.05) is 11.9 Å². The largest absolute Gasteiger partial charge is 0.480 e. The van der Waals surface area contributed by atoms with Crippen molar-refractivity contribution in [2.45, 2.75) is 50.8 Å². The summed E-state index contributed by atoms with van der Waals surface area (Å²) in [5.41, 5.74) is 4.43. The Balaban J connectivity index is 0.00000364. The zero-order valence-corrected chi connectivity index (χ0v) is 13.6. The van der Waals surface area contributed by atoms with Crippen LogP contribution < -0.4 is 16.7 Å². The number of nitrogens with one attached hydrogen (secondary N) is 1. The fraction of sp³-hybridized carbons (Fsp3) is 0.600. The molecule has 7 N–H and O–H groups in total. The molecule has 2 heterocycles. The van der Waals surface area contributed by atoms with Gasteiger partial charge < -0.3 is 36.2 Å². The van der Waals surface area contributed by atoms with Crippen LogP contribution in [0, 0.1) is 0 Å². The quantitative estimate of drug-likeness (QED) is 0.293. The van der Waals surface area contributed by atoms with E-state index in [2.05, 4.69) is 10.3 Å². The minimum Gasteiger partial charge on any atom is -0.480 e. The van der Waals surface area contributed by atoms with Crippen LogP contribution in [0.5, 0.6) is 0 Å². The second kappa shape index (κ2) is 9.53. The Morgan fingerprint density at radius 2 is 2.04 bits per heavy atom. The third kappa shape index (κ3) is 5.30. The molecule has 1 amide bonds. The van der Waals surface area contributed by atoms with E-state index in [1.54, 1.807) is 0 Å². The van der Waals surface area contributed by atoms with E-state index in [4.69, 9.17) is 20.7 Å². The lowest BCUT2D eigenvalue weighted by molar-refractivity contribution is -0.138. The van der Waals surface area contributed by atoms with Gasteiger partial charge in [-0.1, -0.05) is 7.43 Å². The van der Waals surface area contributed by atoms with Gasteiger partial charge in [0.2, 0.25) is 5.91 Å². The molecule has 0 aromatic carbocycles. The first-order valence-electron chi connectivity index (χ1n) is 7.74. The highest BCUT2D eigenvalue weighted by atomic mass is 16.6. The summed E-state index contributed by atoms with van der Waals surface area (Å²) in [6.07, 6.45) is -4.14. The number of nitrogens with zero attached hydrogens (tertiary/aromatic N) is 2. The molecule has 1 aromatic heterocycles. The Bertz CT molecular complexity index is 724. The maximum Gasteiger partial charge on any atom is 0.351 e. The smallest absolute Gasteiger partial charge is 0.351 e. The summed E-state index contributed by atoms with van der Waals surface area (Å²) in [5.74, 6) is -1.87. The predicted molar refractivity (Wildman–Crippen MR) is 91.7 cm³/mol. The van der Waals surface area contributed by atoms with E-state index in [9.17, 15) is 24.6 Å². The zero-order chi connectivity index (χ0) is 19.4. The van der Waals surface area contributed by atoms with Crippen molar-refractivity contribution in [2.24, 2.45) is 5.73 Å². The second-order valence-corrected chi connectivity index (χ2v) is 5.76. The minimum absolute atomic E-state index is 0. The van der Waals surface area contributed by atoms with Crippen LogP contribution >= 0.6 is 0 Å². The molecule has 0 bridgehead atoms. The van der Waals surface area contributed by atoms with Gasteiger partial charge in [-0.15, -0.1) is 0 Å². The molecule has 12 heteroatoms. The van der Waals surface area contributed by atoms with E-state index in [-0.39, 0.29) is 26.1 Å². The Morgan fingerprint density at radius 1 is 1.37 bits per heavy atom. The van der Waals surface area contributed by atoms with Gasteiger partial charge in [0.25, 0.3) is 0 Å². The topological polar surface area (TPSA) is 197 Å². The number of aliphatic carboxylic acids is 1. The number of amides is 1. The summed E-state index contributed by atoms with van der Waals surface area (Å²) in [6.45, 7) is -0.538. The van der Waals surface area contributed by atoms with Crippen molar-refractivity contribution in [1.82, 2.24) is 9.55 Å². The van der Waals surface area contributed by atoms with Crippen LogP contribution in [0.15, 0.2) is 17.1 Å². The molecule has 1 aliphatic heterocycles. The Kier molecular flexibility index (Phi) is 7.99. The van der Waals surface area contributed by atoms with Gasteiger partial charge in [0.1, 0.15) is 30.2 Å². The van der Waals surface area contributed by atoms with E-state index in [0.29, 0.717) is 0 Å². The minimum atomic E-state index is -1.44. The molecule has 0 radical (unpaired) electrons. The van der Waals surface area contributed by atoms with Crippen molar-refractivity contribution in [1.29, 1.82) is 0 Å². The number of carboxylic acid groups (broad SMARTS) is 1. The summed E-state index contributed by atoms with van der Waals surface area (Å²) in [5, 5.41) is 39.7. The van der Waals surface area contributed by atoms with Crippen molar-refractivity contribution in [3.63, 3.8) is 0 Å². The van der Waals surface area contributed by atoms with Gasteiger partial charge in [-0.05, 0) is 12.5 Å². The van der Waals surface area contributed by atoms with Crippen LogP contribution in [0.1, 0.15) is 26.5 Å². The first kappa shape index (κ1) is 22.7. The van der Waals surface area contributed by atoms with Crippen molar-refractivity contribution in [3.8, 4) is 0 Å². The van der Waals surface area contributed by atoms with E-state index >= 15 is 0 Å². The first-order chi connectivity index (χ1) is 12.2. The van der Waals surface area contributed by atoms with Gasteiger partial charge in [-0.25, -0.2) is 4.79 Å². The Labute approximate surface area is 154 Å². The van der Waals surface area contributed by atoms with Gasteiger partial charge >= 0.3 is 11.7 Å². The van der Waals surface area contributed by atoms with Gasteiger partial charge in [0, 0.05) is 12.6 Å². The third-order valence-electron chi connectivity index (χ3n) is 3.89. The molecule has 152 valence electrons. The second-order valence-electron chi connectivity index (χ2n) is 5.76. The van der Waals surface area contributed by atoms with E-state index < -0.39 is 54.8 Å². The van der Waals surface area contributed by atoms with Crippen molar-refractivity contribution >= 4 is 17.7 Å². The molecule has 0 aliphatic carbocycles. The predicted octanol–water partition coefficient (Wildman–Crippen LogP) is -2.38. The van der Waals surface area contributed by atoms with E-state index in [0.717, 1.165) is 4.57 Å². The number of hydrogen-bond donors (Lipinski definition) is 6. The number of anilines is 1. The van der Waals surface area contributed by atoms with Gasteiger partial charge in [-0.3, -0.25) is 14.2 Å². The molecule has 1 aromatic rings. The molecular weight excluding hydrogens is 364 g/mol. The van der Waals surface area contributed by atoms with Gasteiger partial charge in [-0.2, -0.15) is 4.98 Å². The summed E-state index contributed by atoms with van der Waals surface area (Å²) in [4.78, 5) is 38.0. The van der Waals surface area contributed by atoms with Crippen LogP contribution in [0.4, 0.5) is 5.82 Å². The normalized spacial score (nSPS) is 25.5. The molecule has 5 atom stereocenters. The molecule has 1 saturated heterocycles. The number of hydrogen-bond acceptors (Lipinski definition) is 9. The maximum absolute atomic E-state index is 12.1. The molecule has 2 unspecified atom stereocenters. The number of carbonyl (C=O) groups is 2. The molecular formula is C15H24N4O8. The third-order valence-corrected chi connectivity index (χ3v) is 3.89. The highest BCUT2D eigenvalue weighted by molar-refractivity contribution is 5.90. The molecule has 1 aliphatic rings. The Hall–Kier alpha value is -2.38. The van der Waals surface area contributed by atoms with E-state index in [1.165, 1.54) is 12.3 Å². The van der Waals surface area contributed by atoms with Crippen molar-refractivity contribution in [3.05, 3.63) is 22.7 Å². The molecule has 1 fully saturated rings. The van der Waals surface area contributed by atoms with Crippen LogP contribution in [0.25, 0.3) is 0 Å². The number of nitrogens with two attached hydrogens (primary N) is 1. The number of aromatic nitrogens is 2. The van der Waals surface area contributed by atoms with Gasteiger partial charge in [0.05, 0.1) is 6.61 Å². The maximum atomic E-state index is 12.1. The lowest BCUT2D eigenvalue weighted by atomic mass is 10.1. The summed E-state index contributed by atoms with van der Waals surface area (Å²) in [6, 6.07) is 0.0964. The molecule has 0 spiro atoms. The fourth-order valence-corrected chi connectivity index (χ4v) is 2.40. The van der Waals surface area contributed by atoms with E-state index in [1.807, 2.05) is 0 Å². The summed E-state index contributed by atoms with van der Waals surface area (Å²) in [7, 11) is 0. The number of aliphatic hydroxyl groups is 3. The summed E-state index contributed by atoms with van der Waals surface area (Å²) < 4.78 is 6.14. The average Bonchev–Trinajstić information content (AvgIpc) is 2.87. The highest BCUT2D eigenvalue weighted by Gasteiger charge is 2.43. The van der Waals surface area contributed by atoms with Crippen LogP contribution in [-0.2, 0) is 14.3 Å². The number of ether oxygens (including phenoxy) is 1. The number of aliphatic hydroxyl groups excluding tert-OH is 3. The van der Waals surface area contributed by atoms with Crippen LogP contribution in [-0.4, -0.2) is 72.8 Å². The average molecular weight is 388 g/mol. The monoisotopic (exact) mass is 388 g/mol. The SMILES string of the molecule is C.NC(CCC(=O)Nc1ccn([C@@H]2O[C@H](CO)[C@H](O)C2O)c(=O)n1)C(=O)O. The summed E-state index contributed by atoms with van der Waals surface area (Å²) >= 11 is 0. The molecule has 12 nitrogen and oxygen atoms in total. The number of carbonyl (C=O) groups excluding carboxylic acids is 1. The molecule has 0 saturated carbocycles. The number of rotatable bonds is 7. The molecule has 2 rings (SSSR count). The first-order valence-corrected chi connectivity index (χ1v) is 7.74. The highest BCUT2D eigenvalue weighted by Crippen LogP contribution is 2.28. The lowest BCUT2D eigenvalue weighted by Gasteiger charge is -2.17. The van der Waals surface area contributed by atoms with Crippen molar-refractivity contribution < 1.29 is 34.8 Å². The number of carboxylic acids is 1. The van der Waals surface area contributed by atoms with Crippen LogP contribution in [0.3, 0.4) is 0 Å². The van der Waals surface area contributed by atoms with Gasteiger partial charge in [0.15, 0.2) is 6.23 Å². The zero-order valence-electron chi connectivity index (χ0n) is 13.6. The Morgan fingerprint density at radius 3 is 2.56 bits per heavy atom. The van der Waals surface area contributed by atoms with Crippen LogP contribution in [0.2, 0.25) is 0 Å². The molecule has 27 heavy (non-hydrogen) atoms. The lowest BCUT2D eigenvalue weighted by Crippen LogP contribution is -2.36. The standard InChI is InChI=1S/C14H20N4O8.CH4/c15-6(13(23)24)1-2-9(20)16-8-3-4-18(14(25)17-8)12-11(22)10(21)7(5-19)26-12;/h3-4,6-7,10-12,19,21-22H,1-2,5,15H2,(H,23,24)(H,16,17,20,25);1H4/t6?,7-,10+,11?,12-;/m1./s1.